The van der Waals surface area contributed by atoms with Crippen molar-refractivity contribution in [3.05, 3.63) is 53.5 Å². The number of aryl methyl sites for hydroxylation is 1. The van der Waals surface area contributed by atoms with Crippen LogP contribution in [0.1, 0.15) is 23.2 Å². The van der Waals surface area contributed by atoms with Crippen molar-refractivity contribution in [3.8, 4) is 6.07 Å². The second-order valence-electron chi connectivity index (χ2n) is 4.78. The van der Waals surface area contributed by atoms with Gasteiger partial charge >= 0.3 is 0 Å². The van der Waals surface area contributed by atoms with Crippen molar-refractivity contribution in [1.29, 1.82) is 5.26 Å². The van der Waals surface area contributed by atoms with Crippen LogP contribution in [0.4, 0.5) is 5.82 Å². The number of aromatic nitrogens is 2. The summed E-state index contributed by atoms with van der Waals surface area (Å²) in [6.07, 6.45) is 4.59. The Kier molecular flexibility index (Phi) is 5.68. The molecule has 0 atom stereocenters. The van der Waals surface area contributed by atoms with Crippen LogP contribution >= 0.6 is 0 Å². The molecule has 2 N–H and O–H groups in total. The molecule has 0 aliphatic rings. The maximum absolute atomic E-state index is 9.03. The topological polar surface area (TPSA) is 73.6 Å². The Bertz CT molecular complexity index is 604. The minimum Gasteiger partial charge on any atom is -0.369 e. The number of pyridine rings is 2. The van der Waals surface area contributed by atoms with Crippen LogP contribution in [0.2, 0.25) is 0 Å². The second kappa shape index (κ2) is 7.98. The third kappa shape index (κ3) is 4.86. The predicted octanol–water partition coefficient (Wildman–Crippen LogP) is 2.25. The minimum atomic E-state index is 0.587. The molecule has 0 amide bonds. The molecule has 0 aliphatic carbocycles. The summed E-state index contributed by atoms with van der Waals surface area (Å²) in [7, 11) is 0. The molecule has 0 aliphatic heterocycles. The van der Waals surface area contributed by atoms with E-state index in [2.05, 4.69) is 26.7 Å². The highest BCUT2D eigenvalue weighted by atomic mass is 15.0. The summed E-state index contributed by atoms with van der Waals surface area (Å²) in [5.74, 6) is 0.671. The molecule has 0 saturated carbocycles. The van der Waals surface area contributed by atoms with E-state index in [4.69, 9.17) is 5.26 Å². The Balaban J connectivity index is 1.68. The SMILES string of the molecule is Cc1ccc(C#N)c(NCCCNCc2cccnc2)n1. The summed E-state index contributed by atoms with van der Waals surface area (Å²) in [5.41, 5.74) is 2.67. The van der Waals surface area contributed by atoms with Gasteiger partial charge in [-0.2, -0.15) is 5.26 Å². The highest BCUT2D eigenvalue weighted by Crippen LogP contribution is 2.11. The Labute approximate surface area is 125 Å². The highest BCUT2D eigenvalue weighted by molar-refractivity contribution is 5.52. The van der Waals surface area contributed by atoms with Crippen LogP contribution < -0.4 is 10.6 Å². The first kappa shape index (κ1) is 14.9. The van der Waals surface area contributed by atoms with Gasteiger partial charge in [-0.15, -0.1) is 0 Å². The number of rotatable bonds is 7. The van der Waals surface area contributed by atoms with Gasteiger partial charge < -0.3 is 10.6 Å². The van der Waals surface area contributed by atoms with E-state index in [9.17, 15) is 0 Å². The van der Waals surface area contributed by atoms with Crippen LogP contribution in [0.15, 0.2) is 36.7 Å². The highest BCUT2D eigenvalue weighted by Gasteiger charge is 2.02. The molecule has 2 aromatic heterocycles. The van der Waals surface area contributed by atoms with Gasteiger partial charge in [0.2, 0.25) is 0 Å². The first-order valence-electron chi connectivity index (χ1n) is 7.01. The molecule has 0 saturated heterocycles. The Morgan fingerprint density at radius 2 is 2.14 bits per heavy atom. The molecule has 108 valence electrons. The van der Waals surface area contributed by atoms with Crippen molar-refractivity contribution in [2.45, 2.75) is 19.9 Å². The number of nitriles is 1. The van der Waals surface area contributed by atoms with Crippen LogP contribution in [-0.4, -0.2) is 23.1 Å². The molecule has 5 nitrogen and oxygen atoms in total. The van der Waals surface area contributed by atoms with Gasteiger partial charge in [-0.05, 0) is 43.7 Å². The van der Waals surface area contributed by atoms with Crippen molar-refractivity contribution in [3.63, 3.8) is 0 Å². The lowest BCUT2D eigenvalue weighted by molar-refractivity contribution is 0.661. The quantitative estimate of drug-likeness (QED) is 0.761. The van der Waals surface area contributed by atoms with E-state index >= 15 is 0 Å². The van der Waals surface area contributed by atoms with E-state index in [1.165, 1.54) is 5.56 Å². The van der Waals surface area contributed by atoms with E-state index in [-0.39, 0.29) is 0 Å². The van der Waals surface area contributed by atoms with Crippen molar-refractivity contribution in [2.75, 3.05) is 18.4 Å². The smallest absolute Gasteiger partial charge is 0.144 e. The zero-order valence-corrected chi connectivity index (χ0v) is 12.1. The molecule has 0 aromatic carbocycles. The summed E-state index contributed by atoms with van der Waals surface area (Å²) in [6, 6.07) is 9.78. The molecule has 0 radical (unpaired) electrons. The fraction of sp³-hybridized carbons (Fsp3) is 0.312. The molecule has 0 unspecified atom stereocenters. The average molecular weight is 281 g/mol. The van der Waals surface area contributed by atoms with E-state index in [0.29, 0.717) is 11.4 Å². The fourth-order valence-electron chi connectivity index (χ4n) is 1.94. The lowest BCUT2D eigenvalue weighted by Gasteiger charge is -2.08. The molecule has 0 spiro atoms. The Morgan fingerprint density at radius 3 is 2.90 bits per heavy atom. The number of hydrogen-bond donors (Lipinski definition) is 2. The largest absolute Gasteiger partial charge is 0.369 e. The Morgan fingerprint density at radius 1 is 1.24 bits per heavy atom. The second-order valence-corrected chi connectivity index (χ2v) is 4.78. The monoisotopic (exact) mass is 281 g/mol. The van der Waals surface area contributed by atoms with Crippen molar-refractivity contribution >= 4 is 5.82 Å². The lowest BCUT2D eigenvalue weighted by Crippen LogP contribution is -2.18. The number of hydrogen-bond acceptors (Lipinski definition) is 5. The van der Waals surface area contributed by atoms with E-state index in [1.807, 2.05) is 31.3 Å². The van der Waals surface area contributed by atoms with E-state index in [0.717, 1.165) is 31.7 Å². The minimum absolute atomic E-state index is 0.587. The normalized spacial score (nSPS) is 10.1. The summed E-state index contributed by atoms with van der Waals surface area (Å²) < 4.78 is 0. The molecule has 5 heteroatoms. The van der Waals surface area contributed by atoms with Gasteiger partial charge in [0.15, 0.2) is 0 Å². The predicted molar refractivity (Wildman–Crippen MR) is 82.7 cm³/mol. The van der Waals surface area contributed by atoms with Gasteiger partial charge in [-0.25, -0.2) is 4.98 Å². The molecule has 0 bridgehead atoms. The standard InChI is InChI=1S/C16H19N5/c1-13-5-6-15(10-17)16(21-13)20-9-3-8-19-12-14-4-2-7-18-11-14/h2,4-7,11,19H,3,8-9,12H2,1H3,(H,20,21). The molecule has 21 heavy (non-hydrogen) atoms. The maximum atomic E-state index is 9.03. The van der Waals surface area contributed by atoms with Gasteiger partial charge in [0.1, 0.15) is 11.9 Å². The molecular formula is C16H19N5. The van der Waals surface area contributed by atoms with Crippen LogP contribution in [-0.2, 0) is 6.54 Å². The lowest BCUT2D eigenvalue weighted by atomic mass is 10.2. The van der Waals surface area contributed by atoms with E-state index in [1.54, 1.807) is 12.3 Å². The van der Waals surface area contributed by atoms with Gasteiger partial charge in [0.25, 0.3) is 0 Å². The third-order valence-electron chi connectivity index (χ3n) is 3.03. The molecule has 2 rings (SSSR count). The summed E-state index contributed by atoms with van der Waals surface area (Å²) in [4.78, 5) is 8.42. The Hall–Kier alpha value is -2.45. The molecular weight excluding hydrogens is 262 g/mol. The van der Waals surface area contributed by atoms with Crippen LogP contribution in [0.5, 0.6) is 0 Å². The maximum Gasteiger partial charge on any atom is 0.144 e. The van der Waals surface area contributed by atoms with Crippen molar-refractivity contribution in [2.24, 2.45) is 0 Å². The zero-order chi connectivity index (χ0) is 14.9. The average Bonchev–Trinajstić information content (AvgIpc) is 2.52. The van der Waals surface area contributed by atoms with Crippen molar-refractivity contribution < 1.29 is 0 Å². The molecule has 0 fully saturated rings. The van der Waals surface area contributed by atoms with Crippen molar-refractivity contribution in [1.82, 2.24) is 15.3 Å². The van der Waals surface area contributed by atoms with Gasteiger partial charge in [0.05, 0.1) is 5.56 Å². The fourth-order valence-corrected chi connectivity index (χ4v) is 1.94. The molecule has 2 heterocycles. The number of nitrogens with one attached hydrogen (secondary N) is 2. The van der Waals surface area contributed by atoms with Crippen LogP contribution in [0, 0.1) is 18.3 Å². The van der Waals surface area contributed by atoms with Gasteiger partial charge in [0, 0.05) is 31.2 Å². The summed E-state index contributed by atoms with van der Waals surface area (Å²) >= 11 is 0. The zero-order valence-electron chi connectivity index (χ0n) is 12.1. The van der Waals surface area contributed by atoms with Gasteiger partial charge in [-0.3, -0.25) is 4.98 Å². The summed E-state index contributed by atoms with van der Waals surface area (Å²) in [6.45, 7) is 4.42. The first-order valence-corrected chi connectivity index (χ1v) is 7.01. The van der Waals surface area contributed by atoms with E-state index < -0.39 is 0 Å². The number of nitrogens with zero attached hydrogens (tertiary/aromatic N) is 3. The van der Waals surface area contributed by atoms with Crippen LogP contribution in [0.25, 0.3) is 0 Å². The molecule has 2 aromatic rings. The van der Waals surface area contributed by atoms with Gasteiger partial charge in [-0.1, -0.05) is 6.07 Å². The van der Waals surface area contributed by atoms with Crippen LogP contribution in [0.3, 0.4) is 0 Å². The summed E-state index contributed by atoms with van der Waals surface area (Å²) in [5, 5.41) is 15.6. The number of anilines is 1. The third-order valence-corrected chi connectivity index (χ3v) is 3.03. The first-order chi connectivity index (χ1) is 10.3.